The summed E-state index contributed by atoms with van der Waals surface area (Å²) in [6.45, 7) is 1.23. The number of nitrogens with one attached hydrogen (secondary N) is 1. The molecule has 2 amide bonds. The molecule has 0 aliphatic carbocycles. The second-order valence-corrected chi connectivity index (χ2v) is 6.61. The Morgan fingerprint density at radius 1 is 1.27 bits per heavy atom. The smallest absolute Gasteiger partial charge is 0.273 e. The number of aromatic nitrogens is 1. The monoisotopic (exact) mass is 313 g/mol. The van der Waals surface area contributed by atoms with Crippen molar-refractivity contribution in [3.05, 3.63) is 41.4 Å². The van der Waals surface area contributed by atoms with Crippen LogP contribution in [0.15, 0.2) is 35.7 Å². The number of carbonyl (C=O) groups is 2. The maximum absolute atomic E-state index is 12.6. The molecule has 2 aliphatic heterocycles. The maximum Gasteiger partial charge on any atom is 0.273 e. The number of fused-ring (bicyclic) bond motifs is 1. The number of hydrogen-bond acceptors (Lipinski definition) is 4. The third kappa shape index (κ3) is 2.29. The highest BCUT2D eigenvalue weighted by Gasteiger charge is 2.42. The first-order chi connectivity index (χ1) is 10.7. The number of rotatable bonds is 2. The molecule has 3 heterocycles. The molecule has 0 bridgehead atoms. The first-order valence-corrected chi connectivity index (χ1v) is 8.18. The lowest BCUT2D eigenvalue weighted by molar-refractivity contribution is -0.119. The van der Waals surface area contributed by atoms with E-state index in [1.54, 1.807) is 4.90 Å². The highest BCUT2D eigenvalue weighted by Crippen LogP contribution is 2.28. The zero-order valence-electron chi connectivity index (χ0n) is 11.9. The van der Waals surface area contributed by atoms with Crippen LogP contribution in [0.3, 0.4) is 0 Å². The molecule has 22 heavy (non-hydrogen) atoms. The van der Waals surface area contributed by atoms with Gasteiger partial charge in [0.15, 0.2) is 0 Å². The molecule has 2 saturated heterocycles. The van der Waals surface area contributed by atoms with Crippen LogP contribution in [0.1, 0.15) is 16.9 Å². The van der Waals surface area contributed by atoms with Crippen LogP contribution < -0.4 is 5.32 Å². The third-order valence-electron chi connectivity index (χ3n) is 4.27. The summed E-state index contributed by atoms with van der Waals surface area (Å²) in [6, 6.07) is 9.97. The topological polar surface area (TPSA) is 62.3 Å². The molecule has 1 N–H and O–H groups in total. The molecule has 2 atom stereocenters. The molecular formula is C16H15N3O2S. The number of carbonyl (C=O) groups excluding carboxylic acids is 2. The van der Waals surface area contributed by atoms with E-state index in [0.29, 0.717) is 25.2 Å². The third-order valence-corrected chi connectivity index (χ3v) is 5.16. The summed E-state index contributed by atoms with van der Waals surface area (Å²) in [5, 5.41) is 5.61. The van der Waals surface area contributed by atoms with Crippen LogP contribution in [0.2, 0.25) is 0 Å². The van der Waals surface area contributed by atoms with Crippen molar-refractivity contribution in [2.45, 2.75) is 12.5 Å². The zero-order chi connectivity index (χ0) is 15.1. The van der Waals surface area contributed by atoms with Gasteiger partial charge in [-0.3, -0.25) is 9.59 Å². The normalized spacial score (nSPS) is 23.5. The molecule has 0 unspecified atom stereocenters. The fraction of sp³-hybridized carbons (Fsp3) is 0.312. The molecule has 1 aromatic carbocycles. The minimum absolute atomic E-state index is 0.0397. The van der Waals surface area contributed by atoms with Crippen LogP contribution in [0.4, 0.5) is 0 Å². The Kier molecular flexibility index (Phi) is 3.18. The lowest BCUT2D eigenvalue weighted by Crippen LogP contribution is -2.35. The first kappa shape index (κ1) is 13.5. The van der Waals surface area contributed by atoms with Gasteiger partial charge in [-0.2, -0.15) is 0 Å². The van der Waals surface area contributed by atoms with E-state index in [1.165, 1.54) is 11.3 Å². The van der Waals surface area contributed by atoms with Crippen molar-refractivity contribution in [1.29, 1.82) is 0 Å². The fourth-order valence-corrected chi connectivity index (χ4v) is 3.96. The Bertz CT molecular complexity index is 712. The van der Waals surface area contributed by atoms with E-state index in [-0.39, 0.29) is 23.8 Å². The van der Waals surface area contributed by atoms with Gasteiger partial charge >= 0.3 is 0 Å². The molecule has 4 rings (SSSR count). The summed E-state index contributed by atoms with van der Waals surface area (Å²) in [5.74, 6) is 0.313. The largest absolute Gasteiger partial charge is 0.351 e. The Labute approximate surface area is 132 Å². The summed E-state index contributed by atoms with van der Waals surface area (Å²) in [7, 11) is 0. The summed E-state index contributed by atoms with van der Waals surface area (Å²) in [4.78, 5) is 30.2. The van der Waals surface area contributed by atoms with E-state index in [4.69, 9.17) is 0 Å². The predicted octanol–water partition coefficient (Wildman–Crippen LogP) is 1.77. The lowest BCUT2D eigenvalue weighted by atomic mass is 10.1. The van der Waals surface area contributed by atoms with Gasteiger partial charge in [0.25, 0.3) is 5.91 Å². The first-order valence-electron chi connectivity index (χ1n) is 7.30. The van der Waals surface area contributed by atoms with E-state index < -0.39 is 0 Å². The molecule has 0 radical (unpaired) electrons. The highest BCUT2D eigenvalue weighted by atomic mass is 32.1. The molecule has 0 saturated carbocycles. The van der Waals surface area contributed by atoms with Crippen molar-refractivity contribution in [2.75, 3.05) is 13.1 Å². The number of thiazole rings is 1. The molecule has 2 fully saturated rings. The highest BCUT2D eigenvalue weighted by molar-refractivity contribution is 7.13. The second-order valence-electron chi connectivity index (χ2n) is 5.75. The van der Waals surface area contributed by atoms with Crippen molar-refractivity contribution in [2.24, 2.45) is 5.92 Å². The van der Waals surface area contributed by atoms with Crippen molar-refractivity contribution < 1.29 is 9.59 Å². The summed E-state index contributed by atoms with van der Waals surface area (Å²) in [6.07, 6.45) is 0.529. The molecule has 5 nitrogen and oxygen atoms in total. The summed E-state index contributed by atoms with van der Waals surface area (Å²) < 4.78 is 0. The van der Waals surface area contributed by atoms with Crippen LogP contribution in [0.5, 0.6) is 0 Å². The number of nitrogens with zero attached hydrogens (tertiary/aromatic N) is 2. The van der Waals surface area contributed by atoms with Gasteiger partial charge in [-0.25, -0.2) is 4.98 Å². The average molecular weight is 313 g/mol. The molecule has 6 heteroatoms. The van der Waals surface area contributed by atoms with E-state index in [1.807, 2.05) is 35.7 Å². The van der Waals surface area contributed by atoms with Crippen molar-refractivity contribution in [3.8, 4) is 10.6 Å². The van der Waals surface area contributed by atoms with Crippen LogP contribution in [0, 0.1) is 5.92 Å². The standard InChI is InChI=1S/C16H15N3O2S/c20-14-6-11-7-19(8-12(11)17-14)16(21)13-9-22-15(18-13)10-4-2-1-3-5-10/h1-5,9,11-12H,6-8H2,(H,17,20)/t11-,12+/m0/s1. The van der Waals surface area contributed by atoms with Crippen molar-refractivity contribution >= 4 is 23.2 Å². The Morgan fingerprint density at radius 3 is 2.86 bits per heavy atom. The number of amides is 2. The molecule has 112 valence electrons. The fourth-order valence-electron chi connectivity index (χ4n) is 3.16. The van der Waals surface area contributed by atoms with Crippen molar-refractivity contribution in [3.63, 3.8) is 0 Å². The van der Waals surface area contributed by atoms with Crippen LogP contribution in [-0.4, -0.2) is 40.8 Å². The van der Waals surface area contributed by atoms with E-state index in [0.717, 1.165) is 10.6 Å². The molecule has 0 spiro atoms. The average Bonchev–Trinajstić information content (AvgIpc) is 3.21. The van der Waals surface area contributed by atoms with Gasteiger partial charge in [-0.1, -0.05) is 30.3 Å². The molecular weight excluding hydrogens is 298 g/mol. The SMILES string of the molecule is O=C1C[C@H]2CN(C(=O)c3csc(-c4ccccc4)n3)C[C@H]2N1. The van der Waals surface area contributed by atoms with Crippen LogP contribution in [-0.2, 0) is 4.79 Å². The quantitative estimate of drug-likeness (QED) is 0.919. The number of likely N-dealkylation sites (tertiary alicyclic amines) is 1. The Balaban J connectivity index is 1.50. The Morgan fingerprint density at radius 2 is 2.09 bits per heavy atom. The van der Waals surface area contributed by atoms with Gasteiger partial charge in [-0.15, -0.1) is 11.3 Å². The second kappa shape index (κ2) is 5.21. The number of hydrogen-bond donors (Lipinski definition) is 1. The van der Waals surface area contributed by atoms with Gasteiger partial charge in [0.2, 0.25) is 5.91 Å². The zero-order valence-corrected chi connectivity index (χ0v) is 12.7. The van der Waals surface area contributed by atoms with Gasteiger partial charge in [-0.05, 0) is 0 Å². The summed E-state index contributed by atoms with van der Waals surface area (Å²) >= 11 is 1.48. The van der Waals surface area contributed by atoms with Gasteiger partial charge in [0, 0.05) is 36.4 Å². The molecule has 2 aliphatic rings. The number of benzene rings is 1. The lowest BCUT2D eigenvalue weighted by Gasteiger charge is -2.15. The van der Waals surface area contributed by atoms with Crippen LogP contribution >= 0.6 is 11.3 Å². The van der Waals surface area contributed by atoms with E-state index in [2.05, 4.69) is 10.3 Å². The van der Waals surface area contributed by atoms with Gasteiger partial charge in [0.1, 0.15) is 10.7 Å². The molecule has 2 aromatic rings. The van der Waals surface area contributed by atoms with E-state index in [9.17, 15) is 9.59 Å². The minimum atomic E-state index is -0.0397. The van der Waals surface area contributed by atoms with Gasteiger partial charge < -0.3 is 10.2 Å². The minimum Gasteiger partial charge on any atom is -0.351 e. The predicted molar refractivity (Wildman–Crippen MR) is 83.5 cm³/mol. The van der Waals surface area contributed by atoms with Crippen molar-refractivity contribution in [1.82, 2.24) is 15.2 Å². The van der Waals surface area contributed by atoms with E-state index >= 15 is 0 Å². The van der Waals surface area contributed by atoms with Crippen LogP contribution in [0.25, 0.3) is 10.6 Å². The van der Waals surface area contributed by atoms with Gasteiger partial charge in [0.05, 0.1) is 6.04 Å². The Hall–Kier alpha value is -2.21. The molecule has 1 aromatic heterocycles. The maximum atomic E-state index is 12.6. The summed E-state index contributed by atoms with van der Waals surface area (Å²) in [5.41, 5.74) is 1.52.